The number of benzene rings is 2. The minimum atomic E-state index is -0.378. The van der Waals surface area contributed by atoms with Crippen LogP contribution in [0.4, 0.5) is 4.39 Å². The van der Waals surface area contributed by atoms with Gasteiger partial charge in [0, 0.05) is 19.2 Å². The quantitative estimate of drug-likeness (QED) is 0.658. The van der Waals surface area contributed by atoms with Gasteiger partial charge in [0.1, 0.15) is 5.82 Å². The highest BCUT2D eigenvalue weighted by Crippen LogP contribution is 2.30. The van der Waals surface area contributed by atoms with Crippen molar-refractivity contribution < 1.29 is 13.6 Å². The van der Waals surface area contributed by atoms with E-state index < -0.39 is 0 Å². The van der Waals surface area contributed by atoms with E-state index in [0.717, 1.165) is 0 Å². The second-order valence-electron chi connectivity index (χ2n) is 6.63. The lowest BCUT2D eigenvalue weighted by atomic mass is 10.1. The molecule has 0 aliphatic heterocycles. The van der Waals surface area contributed by atoms with Crippen LogP contribution >= 0.6 is 0 Å². The Labute approximate surface area is 152 Å². The summed E-state index contributed by atoms with van der Waals surface area (Å²) in [7, 11) is 1.78. The van der Waals surface area contributed by atoms with Crippen molar-refractivity contribution in [3.8, 4) is 22.8 Å². The Hall–Kier alpha value is -2.95. The van der Waals surface area contributed by atoms with E-state index in [4.69, 9.17) is 4.42 Å². The Kier molecular flexibility index (Phi) is 5.16. The number of nitrogens with zero attached hydrogens (tertiary/aromatic N) is 2. The highest BCUT2D eigenvalue weighted by molar-refractivity contribution is 5.99. The third kappa shape index (κ3) is 3.67. The van der Waals surface area contributed by atoms with Crippen LogP contribution in [-0.4, -0.2) is 29.4 Å². The Bertz CT molecular complexity index is 918. The average molecular weight is 352 g/mol. The van der Waals surface area contributed by atoms with Gasteiger partial charge in [-0.15, -0.1) is 0 Å². The number of halogens is 1. The van der Waals surface area contributed by atoms with Crippen LogP contribution in [0.3, 0.4) is 0 Å². The zero-order valence-corrected chi connectivity index (χ0v) is 15.1. The fourth-order valence-electron chi connectivity index (χ4n) is 2.88. The van der Waals surface area contributed by atoms with Gasteiger partial charge in [-0.25, -0.2) is 9.37 Å². The summed E-state index contributed by atoms with van der Waals surface area (Å²) in [5.74, 6) is 0.516. The number of oxazole rings is 1. The van der Waals surface area contributed by atoms with Crippen LogP contribution in [0.2, 0.25) is 0 Å². The van der Waals surface area contributed by atoms with Gasteiger partial charge < -0.3 is 9.32 Å². The van der Waals surface area contributed by atoms with Crippen molar-refractivity contribution in [2.75, 3.05) is 13.6 Å². The first kappa shape index (κ1) is 17.9. The topological polar surface area (TPSA) is 46.3 Å². The van der Waals surface area contributed by atoms with Crippen LogP contribution < -0.4 is 0 Å². The molecule has 0 aliphatic rings. The van der Waals surface area contributed by atoms with Gasteiger partial charge in [0.2, 0.25) is 5.89 Å². The summed E-state index contributed by atoms with van der Waals surface area (Å²) < 4.78 is 19.7. The number of hydrogen-bond acceptors (Lipinski definition) is 3. The molecule has 0 bridgehead atoms. The second kappa shape index (κ2) is 7.52. The van der Waals surface area contributed by atoms with E-state index in [1.54, 1.807) is 48.3 Å². The fourth-order valence-corrected chi connectivity index (χ4v) is 2.88. The maximum Gasteiger partial charge on any atom is 0.254 e. The molecular weight excluding hydrogens is 331 g/mol. The molecule has 3 rings (SSSR count). The lowest BCUT2D eigenvalue weighted by molar-refractivity contribution is 0.0779. The third-order valence-electron chi connectivity index (χ3n) is 4.02. The molecule has 0 spiro atoms. The van der Waals surface area contributed by atoms with Gasteiger partial charge >= 0.3 is 0 Å². The van der Waals surface area contributed by atoms with Crippen molar-refractivity contribution >= 4 is 5.91 Å². The Morgan fingerprint density at radius 2 is 1.77 bits per heavy atom. The molecule has 0 atom stereocenters. The summed E-state index contributed by atoms with van der Waals surface area (Å²) in [6.45, 7) is 4.77. The average Bonchev–Trinajstić information content (AvgIpc) is 3.10. The Balaban J connectivity index is 1.96. The molecule has 1 aromatic heterocycles. The van der Waals surface area contributed by atoms with E-state index in [2.05, 4.69) is 18.8 Å². The summed E-state index contributed by atoms with van der Waals surface area (Å²) >= 11 is 0. The second-order valence-corrected chi connectivity index (χ2v) is 6.63. The molecule has 4 nitrogen and oxygen atoms in total. The molecule has 1 heterocycles. The van der Waals surface area contributed by atoms with Gasteiger partial charge in [-0.3, -0.25) is 4.79 Å². The highest BCUT2D eigenvalue weighted by atomic mass is 19.1. The minimum absolute atomic E-state index is 0.0973. The van der Waals surface area contributed by atoms with Gasteiger partial charge in [-0.2, -0.15) is 0 Å². The van der Waals surface area contributed by atoms with E-state index in [1.165, 1.54) is 12.3 Å². The van der Waals surface area contributed by atoms with Crippen molar-refractivity contribution in [3.05, 3.63) is 66.1 Å². The standard InChI is InChI=1S/C21H21FN2O2/c1-14(2)13-24(3)21(25)16-9-5-4-8-15(16)20-23-12-19(26-20)17-10-6-7-11-18(17)22/h4-12,14H,13H2,1-3H3. The number of hydrogen-bond donors (Lipinski definition) is 0. The molecule has 0 aliphatic carbocycles. The molecule has 0 fully saturated rings. The van der Waals surface area contributed by atoms with E-state index in [-0.39, 0.29) is 11.7 Å². The largest absolute Gasteiger partial charge is 0.436 e. The number of rotatable bonds is 5. The van der Waals surface area contributed by atoms with Crippen LogP contribution in [-0.2, 0) is 0 Å². The predicted octanol–water partition coefficient (Wildman–Crippen LogP) is 4.88. The molecule has 3 aromatic rings. The first-order valence-electron chi connectivity index (χ1n) is 8.53. The molecule has 1 amide bonds. The molecule has 0 saturated heterocycles. The van der Waals surface area contributed by atoms with Gasteiger partial charge in [0.15, 0.2) is 5.76 Å². The molecule has 2 aromatic carbocycles. The number of carbonyl (C=O) groups excluding carboxylic acids is 1. The SMILES string of the molecule is CC(C)CN(C)C(=O)c1ccccc1-c1ncc(-c2ccccc2F)o1. The van der Waals surface area contributed by atoms with Crippen molar-refractivity contribution in [3.63, 3.8) is 0 Å². The third-order valence-corrected chi connectivity index (χ3v) is 4.02. The summed E-state index contributed by atoms with van der Waals surface area (Å²) in [4.78, 5) is 18.7. The summed E-state index contributed by atoms with van der Waals surface area (Å²) in [5.41, 5.74) is 1.44. The van der Waals surface area contributed by atoms with Crippen LogP contribution in [0.15, 0.2) is 59.1 Å². The number of amides is 1. The molecule has 26 heavy (non-hydrogen) atoms. The first-order valence-corrected chi connectivity index (χ1v) is 8.53. The van der Waals surface area contributed by atoms with Gasteiger partial charge in [0.25, 0.3) is 5.91 Å². The molecule has 0 saturated carbocycles. The van der Waals surface area contributed by atoms with Crippen LogP contribution in [0, 0.1) is 11.7 Å². The van der Waals surface area contributed by atoms with Crippen molar-refractivity contribution in [2.24, 2.45) is 5.92 Å². The maximum atomic E-state index is 14.0. The zero-order chi connectivity index (χ0) is 18.7. The maximum absolute atomic E-state index is 14.0. The van der Waals surface area contributed by atoms with Crippen molar-refractivity contribution in [1.82, 2.24) is 9.88 Å². The lowest BCUT2D eigenvalue weighted by Crippen LogP contribution is -2.30. The van der Waals surface area contributed by atoms with Crippen molar-refractivity contribution in [1.29, 1.82) is 0 Å². The highest BCUT2D eigenvalue weighted by Gasteiger charge is 2.20. The van der Waals surface area contributed by atoms with E-state index in [1.807, 2.05) is 6.07 Å². The predicted molar refractivity (Wildman–Crippen MR) is 99.1 cm³/mol. The minimum Gasteiger partial charge on any atom is -0.436 e. The molecule has 0 N–H and O–H groups in total. The Morgan fingerprint density at radius 1 is 1.12 bits per heavy atom. The van der Waals surface area contributed by atoms with Gasteiger partial charge in [-0.05, 0) is 30.2 Å². The summed E-state index contributed by atoms with van der Waals surface area (Å²) in [5, 5.41) is 0. The molecule has 0 radical (unpaired) electrons. The molecular formula is C21H21FN2O2. The van der Waals surface area contributed by atoms with Gasteiger partial charge in [-0.1, -0.05) is 38.1 Å². The fraction of sp³-hybridized carbons (Fsp3) is 0.238. The van der Waals surface area contributed by atoms with E-state index >= 15 is 0 Å². The van der Waals surface area contributed by atoms with E-state index in [9.17, 15) is 9.18 Å². The van der Waals surface area contributed by atoms with Crippen LogP contribution in [0.5, 0.6) is 0 Å². The van der Waals surface area contributed by atoms with Crippen LogP contribution in [0.25, 0.3) is 22.8 Å². The normalized spacial score (nSPS) is 11.0. The molecule has 0 unspecified atom stereocenters. The number of carbonyl (C=O) groups is 1. The summed E-state index contributed by atoms with van der Waals surface area (Å²) in [6, 6.07) is 13.5. The molecule has 134 valence electrons. The molecule has 5 heteroatoms. The first-order chi connectivity index (χ1) is 12.5. The lowest BCUT2D eigenvalue weighted by Gasteiger charge is -2.20. The number of aromatic nitrogens is 1. The van der Waals surface area contributed by atoms with E-state index in [0.29, 0.717) is 40.8 Å². The Morgan fingerprint density at radius 3 is 2.46 bits per heavy atom. The smallest absolute Gasteiger partial charge is 0.254 e. The summed E-state index contributed by atoms with van der Waals surface area (Å²) in [6.07, 6.45) is 1.48. The monoisotopic (exact) mass is 352 g/mol. The van der Waals surface area contributed by atoms with Crippen molar-refractivity contribution in [2.45, 2.75) is 13.8 Å². The van der Waals surface area contributed by atoms with Gasteiger partial charge in [0.05, 0.1) is 17.3 Å². The zero-order valence-electron chi connectivity index (χ0n) is 15.1. The van der Waals surface area contributed by atoms with Crippen LogP contribution in [0.1, 0.15) is 24.2 Å².